The van der Waals surface area contributed by atoms with E-state index in [-0.39, 0.29) is 32.7 Å². The SMILES string of the molecule is O=[Si+2].[O-2].[O-2].[Ti+4]. The third-order valence-corrected chi connectivity index (χ3v) is 0. The van der Waals surface area contributed by atoms with Crippen molar-refractivity contribution in [3.05, 3.63) is 0 Å². The molecule has 0 amide bonds. The third-order valence-electron chi connectivity index (χ3n) is 0. The minimum absolute atomic E-state index is 0. The van der Waals surface area contributed by atoms with E-state index in [0.29, 0.717) is 0 Å². The summed E-state index contributed by atoms with van der Waals surface area (Å²) in [4.78, 5) is 0. The smallest absolute Gasteiger partial charge is 2.00 e. The van der Waals surface area contributed by atoms with E-state index in [1.807, 2.05) is 0 Å². The van der Waals surface area contributed by atoms with Crippen LogP contribution in [0.2, 0.25) is 0 Å². The van der Waals surface area contributed by atoms with Crippen molar-refractivity contribution < 1.29 is 37.1 Å². The molecule has 0 aromatic heterocycles. The zero-order valence-corrected chi connectivity index (χ0v) is 4.79. The van der Waals surface area contributed by atoms with Crippen molar-refractivity contribution in [3.8, 4) is 0 Å². The monoisotopic (exact) mass is 124 g/mol. The van der Waals surface area contributed by atoms with E-state index in [1.54, 1.807) is 10.1 Å². The molecule has 0 spiro atoms. The van der Waals surface area contributed by atoms with Gasteiger partial charge in [-0.2, -0.15) is 0 Å². The summed E-state index contributed by atoms with van der Waals surface area (Å²) in [6.45, 7) is 0. The Kier molecular flexibility index (Phi) is 1310. The van der Waals surface area contributed by atoms with Crippen molar-refractivity contribution in [1.29, 1.82) is 0 Å². The van der Waals surface area contributed by atoms with Crippen molar-refractivity contribution in [3.63, 3.8) is 0 Å². The summed E-state index contributed by atoms with van der Waals surface area (Å²) in [5.74, 6) is 0. The molecule has 0 rings (SSSR count). The molecule has 0 radical (unpaired) electrons. The summed E-state index contributed by atoms with van der Waals surface area (Å²) in [7, 11) is 1.72. The molecule has 0 saturated heterocycles. The maximum Gasteiger partial charge on any atom is 4.00 e. The van der Waals surface area contributed by atoms with Crippen LogP contribution in [-0.2, 0) is 37.1 Å². The van der Waals surface area contributed by atoms with Crippen LogP contribution in [0.1, 0.15) is 0 Å². The van der Waals surface area contributed by atoms with Crippen molar-refractivity contribution in [2.75, 3.05) is 0 Å². The predicted molar refractivity (Wildman–Crippen MR) is 7.81 cm³/mol. The van der Waals surface area contributed by atoms with Gasteiger partial charge in [0.2, 0.25) is 0 Å². The van der Waals surface area contributed by atoms with Gasteiger partial charge in [-0.25, -0.2) is 0 Å². The molecule has 5 heteroatoms. The molecule has 5 heavy (non-hydrogen) atoms. The molecule has 0 aromatic carbocycles. The minimum Gasteiger partial charge on any atom is -2.00 e. The Morgan fingerprint density at radius 1 is 1.00 bits per heavy atom. The fourth-order valence-electron chi connectivity index (χ4n) is 0. The summed E-state index contributed by atoms with van der Waals surface area (Å²) < 4.78 is 8.06. The second-order valence-electron chi connectivity index (χ2n) is 0. The Bertz CT molecular complexity index is 6.85. The maximum atomic E-state index is 8.06. The second kappa shape index (κ2) is 146. The Hall–Kier alpha value is 0.651. The van der Waals surface area contributed by atoms with Crippen LogP contribution in [-0.4, -0.2) is 10.1 Å². The van der Waals surface area contributed by atoms with Gasteiger partial charge in [0.1, 0.15) is 0 Å². The van der Waals surface area contributed by atoms with Crippen LogP contribution in [0.3, 0.4) is 0 Å². The molecule has 3 nitrogen and oxygen atoms in total. The van der Waals surface area contributed by atoms with E-state index in [1.165, 1.54) is 0 Å². The molecule has 0 atom stereocenters. The molecule has 0 unspecified atom stereocenters. The van der Waals surface area contributed by atoms with Crippen molar-refractivity contribution in [2.45, 2.75) is 0 Å². The normalized spacial score (nSPS) is 1.20. The Balaban J connectivity index is -0.00000000167. The summed E-state index contributed by atoms with van der Waals surface area (Å²) in [5.41, 5.74) is 0. The maximum absolute atomic E-state index is 8.06. The number of hydrogen-bond donors (Lipinski definition) is 0. The Morgan fingerprint density at radius 2 is 1.00 bits per heavy atom. The largest absolute Gasteiger partial charge is 4.00 e. The quantitative estimate of drug-likeness (QED) is 0.392. The van der Waals surface area contributed by atoms with Crippen LogP contribution < -0.4 is 0 Å². The van der Waals surface area contributed by atoms with Gasteiger partial charge in [0.05, 0.1) is 0 Å². The minimum atomic E-state index is 0. The average Bonchev–Trinajstić information content (AvgIpc) is 1.00. The molecule has 24 valence electrons. The van der Waals surface area contributed by atoms with Crippen LogP contribution in [0.25, 0.3) is 0 Å². The fraction of sp³-hybridized carbons (Fsp3) is 0. The van der Waals surface area contributed by atoms with Gasteiger partial charge in [-0.1, -0.05) is 0 Å². The van der Waals surface area contributed by atoms with Crippen LogP contribution >= 0.6 is 0 Å². The van der Waals surface area contributed by atoms with Gasteiger partial charge in [0, 0.05) is 0 Å². The predicted octanol–water partition coefficient (Wildman–Crippen LogP) is -0.740. The fourth-order valence-corrected chi connectivity index (χ4v) is 0. The topological polar surface area (TPSA) is 74.1 Å². The van der Waals surface area contributed by atoms with Crippen LogP contribution in [0.15, 0.2) is 0 Å². The Morgan fingerprint density at radius 3 is 1.00 bits per heavy atom. The molecular formula is O3SiTi+2. The summed E-state index contributed by atoms with van der Waals surface area (Å²) in [6.07, 6.45) is 0. The second-order valence-corrected chi connectivity index (χ2v) is 0. The average molecular weight is 124 g/mol. The number of hydrogen-bond acceptors (Lipinski definition) is 1. The first-order chi connectivity index (χ1) is 1.00. The van der Waals surface area contributed by atoms with Gasteiger partial charge < -0.3 is 11.0 Å². The third kappa shape index (κ3) is 77.1. The first-order valence-corrected chi connectivity index (χ1v) is 0.612. The van der Waals surface area contributed by atoms with Gasteiger partial charge >= 0.3 is 36.3 Å². The van der Waals surface area contributed by atoms with Crippen molar-refractivity contribution in [2.24, 2.45) is 0 Å². The van der Waals surface area contributed by atoms with Crippen LogP contribution in [0, 0.1) is 0 Å². The first-order valence-electron chi connectivity index (χ1n) is 0.204. The van der Waals surface area contributed by atoms with E-state index in [2.05, 4.69) is 0 Å². The molecule has 0 aromatic rings. The van der Waals surface area contributed by atoms with Gasteiger partial charge in [-0.05, 0) is 0 Å². The molecule has 0 heterocycles. The molecular weight excluding hydrogens is 124 g/mol. The van der Waals surface area contributed by atoms with Gasteiger partial charge in [0.15, 0.2) is 0 Å². The van der Waals surface area contributed by atoms with E-state index in [9.17, 15) is 0 Å². The summed E-state index contributed by atoms with van der Waals surface area (Å²) in [6, 6.07) is 0. The van der Waals surface area contributed by atoms with Gasteiger partial charge in [-0.3, -0.25) is 0 Å². The molecule has 0 aliphatic rings. The number of rotatable bonds is 0. The van der Waals surface area contributed by atoms with E-state index >= 15 is 0 Å². The molecule has 0 saturated carbocycles. The van der Waals surface area contributed by atoms with Gasteiger partial charge in [0.25, 0.3) is 0 Å². The molecule has 0 aliphatic heterocycles. The zero-order chi connectivity index (χ0) is 2.00. The Labute approximate surface area is 47.7 Å². The molecule has 0 aliphatic carbocycles. The molecule has 0 fully saturated rings. The summed E-state index contributed by atoms with van der Waals surface area (Å²) >= 11 is 0. The molecule has 0 N–H and O–H groups in total. The van der Waals surface area contributed by atoms with E-state index < -0.39 is 0 Å². The van der Waals surface area contributed by atoms with Crippen LogP contribution in [0.5, 0.6) is 0 Å². The first kappa shape index (κ1) is 44.8. The van der Waals surface area contributed by atoms with Crippen LogP contribution in [0.4, 0.5) is 0 Å². The van der Waals surface area contributed by atoms with Crippen molar-refractivity contribution in [1.82, 2.24) is 0 Å². The molecule has 0 bridgehead atoms. The van der Waals surface area contributed by atoms with Gasteiger partial charge in [-0.15, -0.1) is 0 Å². The van der Waals surface area contributed by atoms with E-state index in [0.717, 1.165) is 0 Å². The zero-order valence-electron chi connectivity index (χ0n) is 2.22. The van der Waals surface area contributed by atoms with Crippen molar-refractivity contribution >= 4 is 10.1 Å². The standard InChI is InChI=1S/OSi.2O.Ti/c1-2;;;/q+2;2*-2;+4. The van der Waals surface area contributed by atoms with E-state index in [4.69, 9.17) is 4.46 Å². The summed E-state index contributed by atoms with van der Waals surface area (Å²) in [5, 5.41) is 0.